The van der Waals surface area contributed by atoms with Crippen molar-refractivity contribution in [1.82, 2.24) is 9.80 Å². The van der Waals surface area contributed by atoms with Gasteiger partial charge in [-0.3, -0.25) is 14.4 Å². The molecule has 1 saturated heterocycles. The molecule has 162 valence electrons. The van der Waals surface area contributed by atoms with Gasteiger partial charge < -0.3 is 15.1 Å². The first-order valence-corrected chi connectivity index (χ1v) is 11.0. The van der Waals surface area contributed by atoms with Crippen molar-refractivity contribution in [3.05, 3.63) is 64.7 Å². The van der Waals surface area contributed by atoms with Gasteiger partial charge in [0.25, 0.3) is 5.91 Å². The van der Waals surface area contributed by atoms with E-state index in [1.165, 1.54) is 0 Å². The molecular weight excluding hydrogens is 390 g/mol. The van der Waals surface area contributed by atoms with Gasteiger partial charge in [-0.05, 0) is 61.6 Å². The molecule has 3 amide bonds. The molecule has 2 aromatic carbocycles. The average Bonchev–Trinajstić information content (AvgIpc) is 3.30. The molecule has 1 N–H and O–H groups in total. The number of amides is 3. The Morgan fingerprint density at radius 3 is 2.39 bits per heavy atom. The van der Waals surface area contributed by atoms with E-state index in [9.17, 15) is 14.4 Å². The van der Waals surface area contributed by atoms with Gasteiger partial charge in [0.2, 0.25) is 0 Å². The fourth-order valence-corrected chi connectivity index (χ4v) is 4.47. The Balaban J connectivity index is 1.37. The number of aryl methyl sites for hydroxylation is 1. The molecule has 0 atom stereocenters. The summed E-state index contributed by atoms with van der Waals surface area (Å²) in [5.41, 5.74) is 4.43. The monoisotopic (exact) mass is 419 g/mol. The minimum atomic E-state index is -0.421. The number of piperazine rings is 1. The predicted octanol–water partition coefficient (Wildman–Crippen LogP) is 3.67. The van der Waals surface area contributed by atoms with Crippen molar-refractivity contribution < 1.29 is 14.4 Å². The molecule has 1 saturated carbocycles. The Morgan fingerprint density at radius 1 is 0.968 bits per heavy atom. The number of hydrogen-bond acceptors (Lipinski definition) is 3. The number of rotatable bonds is 5. The molecule has 0 bridgehead atoms. The van der Waals surface area contributed by atoms with Crippen molar-refractivity contribution in [2.45, 2.75) is 52.1 Å². The molecule has 4 rings (SSSR count). The maximum Gasteiger partial charge on any atom is 0.312 e. The van der Waals surface area contributed by atoms with Crippen LogP contribution in [0.15, 0.2) is 42.5 Å². The van der Waals surface area contributed by atoms with Gasteiger partial charge in [0.15, 0.2) is 0 Å². The molecule has 0 radical (unpaired) electrons. The van der Waals surface area contributed by atoms with E-state index in [-0.39, 0.29) is 17.9 Å². The van der Waals surface area contributed by atoms with Gasteiger partial charge in [0.1, 0.15) is 0 Å². The van der Waals surface area contributed by atoms with Gasteiger partial charge in [-0.1, -0.05) is 37.1 Å². The predicted molar refractivity (Wildman–Crippen MR) is 120 cm³/mol. The highest BCUT2D eigenvalue weighted by Crippen LogP contribution is 2.25. The molecule has 6 heteroatoms. The molecule has 1 heterocycles. The Bertz CT molecular complexity index is 994. The lowest BCUT2D eigenvalue weighted by Gasteiger charge is -2.37. The van der Waals surface area contributed by atoms with Gasteiger partial charge in [-0.25, -0.2) is 0 Å². The van der Waals surface area contributed by atoms with E-state index >= 15 is 0 Å². The van der Waals surface area contributed by atoms with Crippen molar-refractivity contribution in [3.8, 4) is 0 Å². The molecule has 2 fully saturated rings. The maximum absolute atomic E-state index is 12.6. The molecule has 2 aromatic rings. The van der Waals surface area contributed by atoms with Crippen LogP contribution in [0.5, 0.6) is 0 Å². The smallest absolute Gasteiger partial charge is 0.312 e. The first kappa shape index (κ1) is 21.1. The summed E-state index contributed by atoms with van der Waals surface area (Å²) >= 11 is 0. The molecule has 31 heavy (non-hydrogen) atoms. The van der Waals surface area contributed by atoms with E-state index in [4.69, 9.17) is 0 Å². The normalized spacial score (nSPS) is 17.4. The standard InChI is InChI=1S/C25H29N3O3/c1-17-6-5-9-22(18(17)2)26-23(29)20-12-10-19(11-13-20)16-27-14-15-28(25(31)24(27)30)21-7-3-4-8-21/h5-6,9-13,21H,3-4,7-8,14-16H2,1-2H3,(H,26,29). The first-order chi connectivity index (χ1) is 14.9. The summed E-state index contributed by atoms with van der Waals surface area (Å²) in [6, 6.07) is 13.3. The summed E-state index contributed by atoms with van der Waals surface area (Å²) in [7, 11) is 0. The number of carbonyl (C=O) groups is 3. The highest BCUT2D eigenvalue weighted by molar-refractivity contribution is 6.35. The van der Waals surface area contributed by atoms with Crippen LogP contribution in [0.1, 0.15) is 52.7 Å². The lowest BCUT2D eigenvalue weighted by molar-refractivity contribution is -0.158. The third-order valence-corrected chi connectivity index (χ3v) is 6.55. The Hall–Kier alpha value is -3.15. The van der Waals surface area contributed by atoms with Crippen LogP contribution in [0, 0.1) is 13.8 Å². The van der Waals surface area contributed by atoms with Gasteiger partial charge in [-0.15, -0.1) is 0 Å². The van der Waals surface area contributed by atoms with E-state index in [1.807, 2.05) is 44.2 Å². The highest BCUT2D eigenvalue weighted by Gasteiger charge is 2.37. The van der Waals surface area contributed by atoms with E-state index in [2.05, 4.69) is 5.32 Å². The van der Waals surface area contributed by atoms with E-state index < -0.39 is 5.91 Å². The van der Waals surface area contributed by atoms with Crippen molar-refractivity contribution in [1.29, 1.82) is 0 Å². The van der Waals surface area contributed by atoms with Crippen LogP contribution in [0.25, 0.3) is 0 Å². The zero-order valence-corrected chi connectivity index (χ0v) is 18.2. The molecule has 0 unspecified atom stereocenters. The summed E-state index contributed by atoms with van der Waals surface area (Å²) in [6.45, 7) is 5.53. The quantitative estimate of drug-likeness (QED) is 0.752. The minimum absolute atomic E-state index is 0.170. The number of benzene rings is 2. The largest absolute Gasteiger partial charge is 0.330 e. The second-order valence-corrected chi connectivity index (χ2v) is 8.56. The first-order valence-electron chi connectivity index (χ1n) is 11.0. The lowest BCUT2D eigenvalue weighted by Crippen LogP contribution is -2.56. The van der Waals surface area contributed by atoms with Gasteiger partial charge >= 0.3 is 11.8 Å². The third kappa shape index (κ3) is 4.48. The Morgan fingerprint density at radius 2 is 1.68 bits per heavy atom. The van der Waals surface area contributed by atoms with E-state index in [0.717, 1.165) is 48.1 Å². The van der Waals surface area contributed by atoms with Gasteiger partial charge in [-0.2, -0.15) is 0 Å². The Kier molecular flexibility index (Phi) is 6.07. The summed E-state index contributed by atoms with van der Waals surface area (Å²) in [6.07, 6.45) is 4.28. The molecule has 1 aliphatic heterocycles. The second-order valence-electron chi connectivity index (χ2n) is 8.56. The van der Waals surface area contributed by atoms with Crippen LogP contribution in [-0.2, 0) is 16.1 Å². The second kappa shape index (κ2) is 8.92. The van der Waals surface area contributed by atoms with Gasteiger partial charge in [0.05, 0.1) is 0 Å². The molecular formula is C25H29N3O3. The SMILES string of the molecule is Cc1cccc(NC(=O)c2ccc(CN3CCN(C4CCCC4)C(=O)C3=O)cc2)c1C. The van der Waals surface area contributed by atoms with Crippen LogP contribution < -0.4 is 5.32 Å². The highest BCUT2D eigenvalue weighted by atomic mass is 16.2. The van der Waals surface area contributed by atoms with Crippen LogP contribution in [0.3, 0.4) is 0 Å². The summed E-state index contributed by atoms with van der Waals surface area (Å²) in [5.74, 6) is -0.964. The summed E-state index contributed by atoms with van der Waals surface area (Å²) in [5, 5.41) is 2.96. The number of nitrogens with zero attached hydrogens (tertiary/aromatic N) is 2. The van der Waals surface area contributed by atoms with Crippen LogP contribution >= 0.6 is 0 Å². The molecule has 0 aromatic heterocycles. The molecule has 6 nitrogen and oxygen atoms in total. The van der Waals surface area contributed by atoms with Crippen molar-refractivity contribution >= 4 is 23.4 Å². The zero-order chi connectivity index (χ0) is 22.0. The molecule has 2 aliphatic rings. The van der Waals surface area contributed by atoms with E-state index in [0.29, 0.717) is 25.2 Å². The third-order valence-electron chi connectivity index (χ3n) is 6.55. The average molecular weight is 420 g/mol. The number of nitrogens with one attached hydrogen (secondary N) is 1. The number of anilines is 1. The fourth-order valence-electron chi connectivity index (χ4n) is 4.47. The Labute approximate surface area is 183 Å². The van der Waals surface area contributed by atoms with Crippen LogP contribution in [0.4, 0.5) is 5.69 Å². The minimum Gasteiger partial charge on any atom is -0.330 e. The molecule has 1 aliphatic carbocycles. The summed E-state index contributed by atoms with van der Waals surface area (Å²) < 4.78 is 0. The van der Waals surface area contributed by atoms with Crippen molar-refractivity contribution in [2.75, 3.05) is 18.4 Å². The lowest BCUT2D eigenvalue weighted by atomic mass is 10.1. The maximum atomic E-state index is 12.6. The van der Waals surface area contributed by atoms with E-state index in [1.54, 1.807) is 21.9 Å². The number of carbonyl (C=O) groups excluding carboxylic acids is 3. The zero-order valence-electron chi connectivity index (χ0n) is 18.2. The van der Waals surface area contributed by atoms with Crippen LogP contribution in [-0.4, -0.2) is 46.7 Å². The fraction of sp³-hybridized carbons (Fsp3) is 0.400. The van der Waals surface area contributed by atoms with Gasteiger partial charge in [0, 0.05) is 36.9 Å². The summed E-state index contributed by atoms with van der Waals surface area (Å²) in [4.78, 5) is 41.2. The van der Waals surface area contributed by atoms with Crippen molar-refractivity contribution in [2.24, 2.45) is 0 Å². The number of hydrogen-bond donors (Lipinski definition) is 1. The topological polar surface area (TPSA) is 69.7 Å². The van der Waals surface area contributed by atoms with Crippen molar-refractivity contribution in [3.63, 3.8) is 0 Å². The molecule has 0 spiro atoms. The van der Waals surface area contributed by atoms with Crippen LogP contribution in [0.2, 0.25) is 0 Å².